The van der Waals surface area contributed by atoms with Crippen LogP contribution >= 0.6 is 0 Å². The Morgan fingerprint density at radius 3 is 2.35 bits per heavy atom. The zero-order valence-corrected chi connectivity index (χ0v) is 11.1. The van der Waals surface area contributed by atoms with Gasteiger partial charge >= 0.3 is 5.97 Å². The second-order valence-corrected chi connectivity index (χ2v) is 4.25. The first-order valence-electron chi connectivity index (χ1n) is 5.84. The summed E-state index contributed by atoms with van der Waals surface area (Å²) in [6, 6.07) is 3.15. The first kappa shape index (κ1) is 16.0. The van der Waals surface area contributed by atoms with E-state index in [1.807, 2.05) is 0 Å². The molecule has 20 heavy (non-hydrogen) atoms. The molecule has 110 valence electrons. The molecule has 1 amide bonds. The van der Waals surface area contributed by atoms with Crippen molar-refractivity contribution in [1.29, 1.82) is 0 Å². The van der Waals surface area contributed by atoms with Crippen molar-refractivity contribution in [3.8, 4) is 0 Å². The number of hydrogen-bond acceptors (Lipinski definition) is 3. The molecule has 1 rings (SSSR count). The van der Waals surface area contributed by atoms with Crippen LogP contribution in [-0.4, -0.2) is 37.2 Å². The van der Waals surface area contributed by atoms with Crippen LogP contribution in [0.2, 0.25) is 0 Å². The van der Waals surface area contributed by atoms with Gasteiger partial charge in [-0.1, -0.05) is 13.0 Å². The van der Waals surface area contributed by atoms with Gasteiger partial charge in [0.1, 0.15) is 23.9 Å². The molecule has 7 heteroatoms. The third-order valence-electron chi connectivity index (χ3n) is 2.65. The monoisotopic (exact) mass is 287 g/mol. The highest BCUT2D eigenvalue weighted by Crippen LogP contribution is 2.24. The Hall–Kier alpha value is -2.02. The summed E-state index contributed by atoms with van der Waals surface area (Å²) >= 11 is 0. The van der Waals surface area contributed by atoms with Crippen LogP contribution in [0.5, 0.6) is 0 Å². The maximum absolute atomic E-state index is 13.7. The highest BCUT2D eigenvalue weighted by Gasteiger charge is 2.26. The number of carboxylic acids is 1. The lowest BCUT2D eigenvalue weighted by Gasteiger charge is -2.25. The van der Waals surface area contributed by atoms with Crippen molar-refractivity contribution in [3.63, 3.8) is 0 Å². The number of aliphatic carboxylic acids is 1. The fourth-order valence-electron chi connectivity index (χ4n) is 1.62. The molecule has 1 unspecified atom stereocenters. The van der Waals surface area contributed by atoms with E-state index in [0.717, 1.165) is 23.1 Å². The van der Waals surface area contributed by atoms with Crippen molar-refractivity contribution in [3.05, 3.63) is 29.8 Å². The topological polar surface area (TPSA) is 66.8 Å². The predicted molar refractivity (Wildman–Crippen MR) is 67.4 cm³/mol. The van der Waals surface area contributed by atoms with Crippen LogP contribution in [0, 0.1) is 17.6 Å². The van der Waals surface area contributed by atoms with E-state index in [2.05, 4.69) is 4.74 Å². The number of amides is 1. The van der Waals surface area contributed by atoms with E-state index >= 15 is 0 Å². The van der Waals surface area contributed by atoms with E-state index in [9.17, 15) is 18.4 Å². The number of carbonyl (C=O) groups is 2. The minimum Gasteiger partial charge on any atom is -0.481 e. The molecule has 0 saturated carbocycles. The maximum Gasteiger partial charge on any atom is 0.308 e. The summed E-state index contributed by atoms with van der Waals surface area (Å²) in [7, 11) is 1.26. The second-order valence-electron chi connectivity index (χ2n) is 4.25. The lowest BCUT2D eigenvalue weighted by molar-refractivity contribution is -0.140. The number of halogens is 2. The lowest BCUT2D eigenvalue weighted by Crippen LogP contribution is -2.40. The summed E-state index contributed by atoms with van der Waals surface area (Å²) in [5.41, 5.74) is -0.567. The number of para-hydroxylation sites is 1. The summed E-state index contributed by atoms with van der Waals surface area (Å²) in [6.07, 6.45) is 0. The van der Waals surface area contributed by atoms with Gasteiger partial charge in [0.25, 0.3) is 5.91 Å². The van der Waals surface area contributed by atoms with Crippen LogP contribution in [0.25, 0.3) is 0 Å². The van der Waals surface area contributed by atoms with Crippen molar-refractivity contribution in [1.82, 2.24) is 0 Å². The number of rotatable bonds is 6. The molecule has 0 aliphatic carbocycles. The molecular weight excluding hydrogens is 272 g/mol. The molecule has 1 N–H and O–H groups in total. The second kappa shape index (κ2) is 6.95. The number of carboxylic acid groups (broad SMARTS) is 1. The quantitative estimate of drug-likeness (QED) is 0.864. The smallest absolute Gasteiger partial charge is 0.308 e. The number of carbonyl (C=O) groups excluding carboxylic acids is 1. The minimum atomic E-state index is -1.17. The molecule has 1 aromatic rings. The predicted octanol–water partition coefficient (Wildman–Crippen LogP) is 1.66. The molecule has 1 atom stereocenters. The van der Waals surface area contributed by atoms with Gasteiger partial charge < -0.3 is 14.7 Å². The van der Waals surface area contributed by atoms with Gasteiger partial charge in [0.15, 0.2) is 0 Å². The molecule has 0 aromatic heterocycles. The normalized spacial score (nSPS) is 12.0. The fraction of sp³-hybridized carbons (Fsp3) is 0.385. The molecular formula is C13H15F2NO4. The van der Waals surface area contributed by atoms with Gasteiger partial charge in [-0.3, -0.25) is 9.59 Å². The SMILES string of the molecule is COCC(=O)N(CC(C)C(=O)O)c1c(F)cccc1F. The number of benzene rings is 1. The third kappa shape index (κ3) is 3.74. The molecule has 0 aliphatic rings. The van der Waals surface area contributed by atoms with Gasteiger partial charge in [-0.2, -0.15) is 0 Å². The molecule has 0 bridgehead atoms. The van der Waals surface area contributed by atoms with Crippen molar-refractivity contribution >= 4 is 17.6 Å². The Morgan fingerprint density at radius 1 is 1.35 bits per heavy atom. The van der Waals surface area contributed by atoms with Crippen LogP contribution < -0.4 is 4.90 Å². The van der Waals surface area contributed by atoms with Gasteiger partial charge in [-0.25, -0.2) is 8.78 Å². The average Bonchev–Trinajstić information content (AvgIpc) is 2.37. The van der Waals surface area contributed by atoms with Gasteiger partial charge in [-0.15, -0.1) is 0 Å². The number of ether oxygens (including phenoxy) is 1. The summed E-state index contributed by atoms with van der Waals surface area (Å²) in [6.45, 7) is 0.587. The largest absolute Gasteiger partial charge is 0.481 e. The number of anilines is 1. The van der Waals surface area contributed by atoms with Crippen molar-refractivity contribution in [2.75, 3.05) is 25.2 Å². The molecule has 0 fully saturated rings. The third-order valence-corrected chi connectivity index (χ3v) is 2.65. The fourth-order valence-corrected chi connectivity index (χ4v) is 1.62. The van der Waals surface area contributed by atoms with Crippen LogP contribution in [0.4, 0.5) is 14.5 Å². The van der Waals surface area contributed by atoms with E-state index in [0.29, 0.717) is 0 Å². The Labute approximate surface area is 114 Å². The molecule has 0 spiro atoms. The van der Waals surface area contributed by atoms with Crippen LogP contribution in [0.15, 0.2) is 18.2 Å². The summed E-state index contributed by atoms with van der Waals surface area (Å²) in [5, 5.41) is 8.87. The lowest BCUT2D eigenvalue weighted by atomic mass is 10.1. The van der Waals surface area contributed by atoms with Crippen LogP contribution in [-0.2, 0) is 14.3 Å². The Kier molecular flexibility index (Phi) is 5.57. The maximum atomic E-state index is 13.7. The van der Waals surface area contributed by atoms with Gasteiger partial charge in [-0.05, 0) is 12.1 Å². The van der Waals surface area contributed by atoms with E-state index in [1.54, 1.807) is 0 Å². The van der Waals surface area contributed by atoms with E-state index in [-0.39, 0.29) is 6.54 Å². The van der Waals surface area contributed by atoms with Crippen molar-refractivity contribution in [2.45, 2.75) is 6.92 Å². The molecule has 0 aliphatic heterocycles. The summed E-state index contributed by atoms with van der Waals surface area (Å²) in [4.78, 5) is 23.5. The van der Waals surface area contributed by atoms with Gasteiger partial charge in [0.05, 0.1) is 5.92 Å². The van der Waals surface area contributed by atoms with Gasteiger partial charge in [0.2, 0.25) is 0 Å². The Balaban J connectivity index is 3.16. The highest BCUT2D eigenvalue weighted by molar-refractivity contribution is 5.95. The van der Waals surface area contributed by atoms with E-state index < -0.39 is 41.7 Å². The molecule has 0 heterocycles. The minimum absolute atomic E-state index is 0.352. The standard InChI is InChI=1S/C13H15F2NO4/c1-8(13(18)19)6-16(11(17)7-20-2)12-9(14)4-3-5-10(12)15/h3-5,8H,6-7H2,1-2H3,(H,18,19). The summed E-state index contributed by atoms with van der Waals surface area (Å²) < 4.78 is 32.1. The molecule has 0 radical (unpaired) electrons. The number of hydrogen-bond donors (Lipinski definition) is 1. The van der Waals surface area contributed by atoms with E-state index in [1.165, 1.54) is 14.0 Å². The van der Waals surface area contributed by atoms with Crippen molar-refractivity contribution < 1.29 is 28.2 Å². The van der Waals surface area contributed by atoms with Crippen LogP contribution in [0.3, 0.4) is 0 Å². The van der Waals surface area contributed by atoms with Crippen LogP contribution in [0.1, 0.15) is 6.92 Å². The summed E-state index contributed by atoms with van der Waals surface area (Å²) in [5.74, 6) is -4.74. The zero-order valence-electron chi connectivity index (χ0n) is 11.1. The molecule has 1 aromatic carbocycles. The first-order chi connectivity index (χ1) is 9.38. The first-order valence-corrected chi connectivity index (χ1v) is 5.84. The average molecular weight is 287 g/mol. The Bertz CT molecular complexity index is 487. The zero-order chi connectivity index (χ0) is 15.3. The number of nitrogens with zero attached hydrogens (tertiary/aromatic N) is 1. The van der Waals surface area contributed by atoms with Gasteiger partial charge in [0, 0.05) is 13.7 Å². The molecule has 0 saturated heterocycles. The molecule has 5 nitrogen and oxygen atoms in total. The highest BCUT2D eigenvalue weighted by atomic mass is 19.1. The van der Waals surface area contributed by atoms with E-state index in [4.69, 9.17) is 5.11 Å². The Morgan fingerprint density at radius 2 is 1.90 bits per heavy atom. The number of methoxy groups -OCH3 is 1. The van der Waals surface area contributed by atoms with Crippen molar-refractivity contribution in [2.24, 2.45) is 5.92 Å².